The fourth-order valence-electron chi connectivity index (χ4n) is 1.14. The molecule has 70 valence electrons. The summed E-state index contributed by atoms with van der Waals surface area (Å²) >= 11 is 5.85. The Kier molecular flexibility index (Phi) is 2.05. The summed E-state index contributed by atoms with van der Waals surface area (Å²) in [5, 5.41) is 8.90. The maximum absolute atomic E-state index is 10.7. The highest BCUT2D eigenvalue weighted by atomic mass is 35.5. The molecule has 2 heterocycles. The molecule has 0 aliphatic rings. The summed E-state index contributed by atoms with van der Waals surface area (Å²) in [5.74, 6) is -1.10. The first-order chi connectivity index (χ1) is 6.70. The first-order valence-corrected chi connectivity index (χ1v) is 4.20. The fraction of sp³-hybridized carbons (Fsp3) is 0. The molecule has 0 atom stereocenters. The number of halogens is 1. The molecular formula is C9H5ClN2O2. The van der Waals surface area contributed by atoms with Crippen molar-refractivity contribution in [1.82, 2.24) is 9.97 Å². The van der Waals surface area contributed by atoms with Gasteiger partial charge in [-0.3, -0.25) is 9.97 Å². The second kappa shape index (κ2) is 3.23. The van der Waals surface area contributed by atoms with Crippen LogP contribution < -0.4 is 0 Å². The van der Waals surface area contributed by atoms with E-state index in [2.05, 4.69) is 9.97 Å². The minimum atomic E-state index is -1.10. The van der Waals surface area contributed by atoms with Crippen molar-refractivity contribution in [3.63, 3.8) is 0 Å². The van der Waals surface area contributed by atoms with Gasteiger partial charge in [0.15, 0.2) is 0 Å². The van der Waals surface area contributed by atoms with Gasteiger partial charge in [0.25, 0.3) is 0 Å². The van der Waals surface area contributed by atoms with E-state index >= 15 is 0 Å². The largest absolute Gasteiger partial charge is 0.478 e. The van der Waals surface area contributed by atoms with Gasteiger partial charge in [0.2, 0.25) is 0 Å². The summed E-state index contributed by atoms with van der Waals surface area (Å²) in [6.45, 7) is 0. The van der Waals surface area contributed by atoms with Gasteiger partial charge in [0.1, 0.15) is 5.52 Å². The number of pyridine rings is 2. The monoisotopic (exact) mass is 208 g/mol. The number of carboxylic acid groups (broad SMARTS) is 1. The van der Waals surface area contributed by atoms with Gasteiger partial charge < -0.3 is 5.11 Å². The van der Waals surface area contributed by atoms with Crippen molar-refractivity contribution in [1.29, 1.82) is 0 Å². The number of aromatic nitrogens is 2. The third kappa shape index (κ3) is 1.29. The second-order valence-electron chi connectivity index (χ2n) is 2.66. The molecule has 2 aromatic rings. The Bertz CT molecular complexity index is 513. The van der Waals surface area contributed by atoms with Crippen LogP contribution >= 0.6 is 11.6 Å². The highest BCUT2D eigenvalue weighted by Gasteiger charge is 2.12. The van der Waals surface area contributed by atoms with E-state index in [0.29, 0.717) is 11.0 Å². The van der Waals surface area contributed by atoms with Gasteiger partial charge in [-0.1, -0.05) is 11.6 Å². The second-order valence-corrected chi connectivity index (χ2v) is 3.04. The van der Waals surface area contributed by atoms with Crippen molar-refractivity contribution in [3.8, 4) is 0 Å². The molecular weight excluding hydrogens is 204 g/mol. The summed E-state index contributed by atoms with van der Waals surface area (Å²) in [6, 6.07) is 3.44. The highest BCUT2D eigenvalue weighted by Crippen LogP contribution is 2.23. The Morgan fingerprint density at radius 1 is 1.43 bits per heavy atom. The van der Waals surface area contributed by atoms with Crippen LogP contribution in [0, 0.1) is 0 Å². The van der Waals surface area contributed by atoms with Crippen LogP contribution in [-0.2, 0) is 0 Å². The molecule has 14 heavy (non-hydrogen) atoms. The molecule has 0 radical (unpaired) electrons. The molecule has 0 amide bonds. The van der Waals surface area contributed by atoms with E-state index in [4.69, 9.17) is 16.7 Å². The third-order valence-corrected chi connectivity index (χ3v) is 2.18. The highest BCUT2D eigenvalue weighted by molar-refractivity contribution is 6.37. The summed E-state index contributed by atoms with van der Waals surface area (Å²) in [6.07, 6.45) is 2.77. The molecule has 0 aliphatic carbocycles. The SMILES string of the molecule is O=C(O)c1cnc2cccnc2c1Cl. The molecule has 1 N–H and O–H groups in total. The van der Waals surface area contributed by atoms with E-state index in [0.717, 1.165) is 0 Å². The number of nitrogens with zero attached hydrogens (tertiary/aromatic N) is 2. The Hall–Kier alpha value is -1.68. The molecule has 0 aliphatic heterocycles. The molecule has 0 bridgehead atoms. The van der Waals surface area contributed by atoms with Crippen molar-refractivity contribution in [2.24, 2.45) is 0 Å². The lowest BCUT2D eigenvalue weighted by Crippen LogP contribution is -1.99. The van der Waals surface area contributed by atoms with Crippen LogP contribution in [0.3, 0.4) is 0 Å². The number of carboxylic acids is 1. The Labute approximate surface area is 84.2 Å². The van der Waals surface area contributed by atoms with Gasteiger partial charge in [-0.05, 0) is 12.1 Å². The number of carbonyl (C=O) groups is 1. The summed E-state index contributed by atoms with van der Waals surface area (Å²) in [7, 11) is 0. The maximum Gasteiger partial charge on any atom is 0.338 e. The molecule has 2 rings (SSSR count). The molecule has 0 saturated carbocycles. The number of hydrogen-bond acceptors (Lipinski definition) is 3. The van der Waals surface area contributed by atoms with Crippen molar-refractivity contribution in [2.75, 3.05) is 0 Å². The van der Waals surface area contributed by atoms with E-state index < -0.39 is 5.97 Å². The average Bonchev–Trinajstić information content (AvgIpc) is 2.18. The van der Waals surface area contributed by atoms with E-state index in [1.165, 1.54) is 6.20 Å². The first-order valence-electron chi connectivity index (χ1n) is 3.82. The summed E-state index contributed by atoms with van der Waals surface area (Å²) in [5.41, 5.74) is 0.967. The molecule has 0 aromatic carbocycles. The number of rotatable bonds is 1. The molecule has 2 aromatic heterocycles. The zero-order valence-electron chi connectivity index (χ0n) is 6.94. The number of aromatic carboxylic acids is 1. The van der Waals surface area contributed by atoms with Gasteiger partial charge >= 0.3 is 5.97 Å². The van der Waals surface area contributed by atoms with Gasteiger partial charge in [0.05, 0.1) is 16.1 Å². The zero-order chi connectivity index (χ0) is 10.1. The van der Waals surface area contributed by atoms with Crippen LogP contribution in [0.1, 0.15) is 10.4 Å². The molecule has 5 heteroatoms. The molecule has 0 fully saturated rings. The standard InChI is InChI=1S/C9H5ClN2O2/c10-7-5(9(13)14)4-12-6-2-1-3-11-8(6)7/h1-4H,(H,13,14). The fourth-order valence-corrected chi connectivity index (χ4v) is 1.41. The number of hydrogen-bond donors (Lipinski definition) is 1. The third-order valence-electron chi connectivity index (χ3n) is 1.79. The molecule has 0 unspecified atom stereocenters. The topological polar surface area (TPSA) is 63.1 Å². The van der Waals surface area contributed by atoms with Crippen LogP contribution in [0.2, 0.25) is 5.02 Å². The summed E-state index contributed by atoms with van der Waals surface area (Å²) in [4.78, 5) is 18.6. The zero-order valence-corrected chi connectivity index (χ0v) is 7.69. The normalized spacial score (nSPS) is 10.4. The molecule has 0 spiro atoms. The van der Waals surface area contributed by atoms with E-state index in [9.17, 15) is 4.79 Å². The lowest BCUT2D eigenvalue weighted by molar-refractivity contribution is 0.0697. The smallest absolute Gasteiger partial charge is 0.338 e. The van der Waals surface area contributed by atoms with Crippen molar-refractivity contribution < 1.29 is 9.90 Å². The van der Waals surface area contributed by atoms with Crippen LogP contribution in [0.25, 0.3) is 11.0 Å². The van der Waals surface area contributed by atoms with Gasteiger partial charge in [-0.2, -0.15) is 0 Å². The molecule has 4 nitrogen and oxygen atoms in total. The quantitative estimate of drug-likeness (QED) is 0.779. The van der Waals surface area contributed by atoms with E-state index in [1.54, 1.807) is 18.3 Å². The van der Waals surface area contributed by atoms with Crippen LogP contribution in [0.4, 0.5) is 0 Å². The maximum atomic E-state index is 10.7. The van der Waals surface area contributed by atoms with E-state index in [-0.39, 0.29) is 10.6 Å². The summed E-state index contributed by atoms with van der Waals surface area (Å²) < 4.78 is 0. The first kappa shape index (κ1) is 8.90. The predicted octanol–water partition coefficient (Wildman–Crippen LogP) is 1.98. The lowest BCUT2D eigenvalue weighted by atomic mass is 10.2. The average molecular weight is 209 g/mol. The Balaban J connectivity index is 2.81. The van der Waals surface area contributed by atoms with Crippen LogP contribution in [0.15, 0.2) is 24.5 Å². The van der Waals surface area contributed by atoms with Crippen molar-refractivity contribution in [3.05, 3.63) is 35.1 Å². The Morgan fingerprint density at radius 2 is 2.21 bits per heavy atom. The van der Waals surface area contributed by atoms with Gasteiger partial charge in [-0.15, -0.1) is 0 Å². The van der Waals surface area contributed by atoms with E-state index in [1.807, 2.05) is 0 Å². The number of fused-ring (bicyclic) bond motifs is 1. The minimum Gasteiger partial charge on any atom is -0.478 e. The Morgan fingerprint density at radius 3 is 2.93 bits per heavy atom. The van der Waals surface area contributed by atoms with Crippen LogP contribution in [0.5, 0.6) is 0 Å². The van der Waals surface area contributed by atoms with Gasteiger partial charge in [-0.25, -0.2) is 4.79 Å². The lowest BCUT2D eigenvalue weighted by Gasteiger charge is -2.01. The van der Waals surface area contributed by atoms with Crippen LogP contribution in [-0.4, -0.2) is 21.0 Å². The molecule has 0 saturated heterocycles. The predicted molar refractivity (Wildman–Crippen MR) is 51.5 cm³/mol. The van der Waals surface area contributed by atoms with Crippen molar-refractivity contribution in [2.45, 2.75) is 0 Å². The minimum absolute atomic E-state index is 0.0298. The van der Waals surface area contributed by atoms with Crippen molar-refractivity contribution >= 4 is 28.6 Å². The van der Waals surface area contributed by atoms with Gasteiger partial charge in [0, 0.05) is 12.4 Å².